The number of benzene rings is 1. The van der Waals surface area contributed by atoms with Crippen molar-refractivity contribution in [2.45, 2.75) is 20.0 Å². The first-order chi connectivity index (χ1) is 10.9. The van der Waals surface area contributed by atoms with E-state index in [1.165, 1.54) is 12.1 Å². The highest BCUT2D eigenvalue weighted by Crippen LogP contribution is 2.31. The molecule has 0 atom stereocenters. The molecule has 0 N–H and O–H groups in total. The molecule has 0 amide bonds. The Morgan fingerprint density at radius 3 is 2.26 bits per heavy atom. The molecule has 1 fully saturated rings. The second kappa shape index (κ2) is 8.02. The molecular formula is C17H26F3N3. The van der Waals surface area contributed by atoms with Crippen LogP contribution in [0.3, 0.4) is 0 Å². The normalized spacial score (nSPS) is 17.0. The summed E-state index contributed by atoms with van der Waals surface area (Å²) in [6, 6.07) is 5.64. The van der Waals surface area contributed by atoms with E-state index in [2.05, 4.69) is 23.6 Å². The van der Waals surface area contributed by atoms with Crippen LogP contribution in [0.25, 0.3) is 0 Å². The minimum atomic E-state index is -4.28. The number of nitrogens with zero attached hydrogens (tertiary/aromatic N) is 3. The van der Waals surface area contributed by atoms with E-state index in [1.54, 1.807) is 6.07 Å². The Bertz CT molecular complexity index is 478. The summed E-state index contributed by atoms with van der Waals surface area (Å²) in [6.45, 7) is 11.9. The smallest absolute Gasteiger partial charge is 0.369 e. The van der Waals surface area contributed by atoms with Gasteiger partial charge in [-0.3, -0.25) is 4.90 Å². The molecule has 1 heterocycles. The summed E-state index contributed by atoms with van der Waals surface area (Å²) in [5.74, 6) is 0. The van der Waals surface area contributed by atoms with Gasteiger partial charge in [-0.15, -0.1) is 0 Å². The highest BCUT2D eigenvalue weighted by molar-refractivity contribution is 5.49. The van der Waals surface area contributed by atoms with Crippen molar-refractivity contribution in [1.29, 1.82) is 0 Å². The first kappa shape index (κ1) is 18.1. The SMILES string of the molecule is CCN(CC)CCN1CCN(c2cccc(C(F)(F)F)c2)CC1. The van der Waals surface area contributed by atoms with Crippen molar-refractivity contribution in [2.24, 2.45) is 0 Å². The number of rotatable bonds is 6. The number of hydrogen-bond donors (Lipinski definition) is 0. The van der Waals surface area contributed by atoms with E-state index in [4.69, 9.17) is 0 Å². The maximum Gasteiger partial charge on any atom is 0.416 e. The van der Waals surface area contributed by atoms with Crippen LogP contribution < -0.4 is 4.90 Å². The first-order valence-corrected chi connectivity index (χ1v) is 8.31. The van der Waals surface area contributed by atoms with Crippen LogP contribution in [-0.2, 0) is 6.18 Å². The van der Waals surface area contributed by atoms with E-state index in [9.17, 15) is 13.2 Å². The van der Waals surface area contributed by atoms with Gasteiger partial charge in [0.2, 0.25) is 0 Å². The second-order valence-electron chi connectivity index (χ2n) is 5.90. The maximum atomic E-state index is 12.8. The van der Waals surface area contributed by atoms with Crippen molar-refractivity contribution in [3.8, 4) is 0 Å². The Morgan fingerprint density at radius 1 is 1.04 bits per heavy atom. The molecule has 1 aliphatic heterocycles. The van der Waals surface area contributed by atoms with Crippen LogP contribution in [0.5, 0.6) is 0 Å². The zero-order valence-corrected chi connectivity index (χ0v) is 13.9. The van der Waals surface area contributed by atoms with Crippen LogP contribution in [0.1, 0.15) is 19.4 Å². The van der Waals surface area contributed by atoms with Gasteiger partial charge in [-0.2, -0.15) is 13.2 Å². The second-order valence-corrected chi connectivity index (χ2v) is 5.90. The molecule has 0 unspecified atom stereocenters. The lowest BCUT2D eigenvalue weighted by atomic mass is 10.1. The zero-order chi connectivity index (χ0) is 16.9. The molecule has 1 aliphatic rings. The maximum absolute atomic E-state index is 12.8. The van der Waals surface area contributed by atoms with Crippen LogP contribution in [0.2, 0.25) is 0 Å². The number of piperazine rings is 1. The van der Waals surface area contributed by atoms with Crippen LogP contribution in [0.4, 0.5) is 18.9 Å². The fraction of sp³-hybridized carbons (Fsp3) is 0.647. The molecule has 0 radical (unpaired) electrons. The quantitative estimate of drug-likeness (QED) is 0.794. The van der Waals surface area contributed by atoms with Crippen molar-refractivity contribution < 1.29 is 13.2 Å². The lowest BCUT2D eigenvalue weighted by Gasteiger charge is -2.37. The van der Waals surface area contributed by atoms with Crippen LogP contribution in [-0.4, -0.2) is 62.2 Å². The third-order valence-electron chi connectivity index (χ3n) is 4.54. The highest BCUT2D eigenvalue weighted by Gasteiger charge is 2.31. The molecule has 0 spiro atoms. The summed E-state index contributed by atoms with van der Waals surface area (Å²) in [5, 5.41) is 0. The Hall–Kier alpha value is -1.27. The Balaban J connectivity index is 1.87. The van der Waals surface area contributed by atoms with Crippen molar-refractivity contribution in [3.63, 3.8) is 0 Å². The van der Waals surface area contributed by atoms with Crippen LogP contribution in [0, 0.1) is 0 Å². The summed E-state index contributed by atoms with van der Waals surface area (Å²) in [6.07, 6.45) is -4.28. The number of alkyl halides is 3. The third-order valence-corrected chi connectivity index (χ3v) is 4.54. The van der Waals surface area contributed by atoms with Crippen LogP contribution in [0.15, 0.2) is 24.3 Å². The molecule has 0 saturated carbocycles. The lowest BCUT2D eigenvalue weighted by molar-refractivity contribution is -0.137. The fourth-order valence-electron chi connectivity index (χ4n) is 2.93. The summed E-state index contributed by atoms with van der Waals surface area (Å²) in [5.41, 5.74) is 0.0992. The van der Waals surface area contributed by atoms with Gasteiger partial charge in [0.1, 0.15) is 0 Å². The molecule has 1 aromatic carbocycles. The van der Waals surface area contributed by atoms with E-state index in [0.717, 1.165) is 58.4 Å². The number of halogens is 3. The molecule has 23 heavy (non-hydrogen) atoms. The summed E-state index contributed by atoms with van der Waals surface area (Å²) >= 11 is 0. The van der Waals surface area contributed by atoms with Crippen LogP contribution >= 0.6 is 0 Å². The largest absolute Gasteiger partial charge is 0.416 e. The Labute approximate surface area is 136 Å². The van der Waals surface area contributed by atoms with Crippen molar-refractivity contribution in [2.75, 3.05) is 57.3 Å². The first-order valence-electron chi connectivity index (χ1n) is 8.31. The third kappa shape index (κ3) is 5.11. The minimum absolute atomic E-state index is 0.570. The molecule has 0 aromatic heterocycles. The average Bonchev–Trinajstić information content (AvgIpc) is 2.56. The summed E-state index contributed by atoms with van der Waals surface area (Å²) in [7, 11) is 0. The molecule has 6 heteroatoms. The van der Waals surface area contributed by atoms with E-state index in [1.807, 2.05) is 4.90 Å². The van der Waals surface area contributed by atoms with E-state index >= 15 is 0 Å². The van der Waals surface area contributed by atoms with Gasteiger partial charge in [0, 0.05) is 45.0 Å². The Morgan fingerprint density at radius 2 is 1.70 bits per heavy atom. The molecule has 0 aliphatic carbocycles. The fourth-order valence-corrected chi connectivity index (χ4v) is 2.93. The van der Waals surface area contributed by atoms with Crippen molar-refractivity contribution in [1.82, 2.24) is 9.80 Å². The standard InChI is InChI=1S/C17H26F3N3/c1-3-21(4-2)8-9-22-10-12-23(13-11-22)16-7-5-6-15(14-16)17(18,19)20/h5-7,14H,3-4,8-13H2,1-2H3. The predicted octanol–water partition coefficient (Wildman–Crippen LogP) is 3.17. The van der Waals surface area contributed by atoms with E-state index < -0.39 is 11.7 Å². The van der Waals surface area contributed by atoms with Gasteiger partial charge < -0.3 is 9.80 Å². The summed E-state index contributed by atoms with van der Waals surface area (Å²) in [4.78, 5) is 6.82. The van der Waals surface area contributed by atoms with Gasteiger partial charge in [-0.05, 0) is 31.3 Å². The van der Waals surface area contributed by atoms with E-state index in [0.29, 0.717) is 5.69 Å². The molecule has 1 aromatic rings. The molecular weight excluding hydrogens is 303 g/mol. The van der Waals surface area contributed by atoms with Gasteiger partial charge in [-0.1, -0.05) is 19.9 Å². The zero-order valence-electron chi connectivity index (χ0n) is 13.9. The number of hydrogen-bond acceptors (Lipinski definition) is 3. The average molecular weight is 329 g/mol. The molecule has 130 valence electrons. The van der Waals surface area contributed by atoms with Gasteiger partial charge in [0.15, 0.2) is 0 Å². The number of anilines is 1. The molecule has 3 nitrogen and oxygen atoms in total. The van der Waals surface area contributed by atoms with Gasteiger partial charge in [-0.25, -0.2) is 0 Å². The summed E-state index contributed by atoms with van der Waals surface area (Å²) < 4.78 is 38.4. The Kier molecular flexibility index (Phi) is 6.30. The van der Waals surface area contributed by atoms with Crippen molar-refractivity contribution >= 4 is 5.69 Å². The highest BCUT2D eigenvalue weighted by atomic mass is 19.4. The molecule has 2 rings (SSSR count). The van der Waals surface area contributed by atoms with Gasteiger partial charge >= 0.3 is 6.18 Å². The monoisotopic (exact) mass is 329 g/mol. The number of likely N-dealkylation sites (N-methyl/N-ethyl adjacent to an activating group) is 1. The molecule has 0 bridgehead atoms. The van der Waals surface area contributed by atoms with Gasteiger partial charge in [0.25, 0.3) is 0 Å². The topological polar surface area (TPSA) is 9.72 Å². The lowest BCUT2D eigenvalue weighted by Crippen LogP contribution is -2.48. The van der Waals surface area contributed by atoms with E-state index in [-0.39, 0.29) is 0 Å². The minimum Gasteiger partial charge on any atom is -0.369 e. The van der Waals surface area contributed by atoms with Gasteiger partial charge in [0.05, 0.1) is 5.56 Å². The van der Waals surface area contributed by atoms with Crippen molar-refractivity contribution in [3.05, 3.63) is 29.8 Å². The predicted molar refractivity (Wildman–Crippen MR) is 87.9 cm³/mol. The molecule has 1 saturated heterocycles.